The number of rotatable bonds is 4. The fourth-order valence-corrected chi connectivity index (χ4v) is 2.20. The monoisotopic (exact) mass is 269 g/mol. The maximum absolute atomic E-state index is 11.9. The van der Waals surface area contributed by atoms with Gasteiger partial charge in [0.25, 0.3) is 5.91 Å². The van der Waals surface area contributed by atoms with Crippen LogP contribution in [0.25, 0.3) is 0 Å². The van der Waals surface area contributed by atoms with E-state index in [0.29, 0.717) is 12.1 Å². The molecule has 0 aliphatic heterocycles. The lowest BCUT2D eigenvalue weighted by Gasteiger charge is -2.40. The third-order valence-corrected chi connectivity index (χ3v) is 3.78. The molecule has 1 fully saturated rings. The first-order valence-corrected chi connectivity index (χ1v) is 6.26. The summed E-state index contributed by atoms with van der Waals surface area (Å²) in [4.78, 5) is 11.9. The van der Waals surface area contributed by atoms with Crippen molar-refractivity contribution in [2.45, 2.75) is 24.9 Å². The molecule has 2 rings (SSSR count). The molecule has 1 aromatic rings. The standard InChI is InChI=1S/C13H16ClNO3/c1-18-13(5-2-6-13)8-15-12(17)9-3-4-11(16)10(14)7-9/h3-4,7,16H,2,5-6,8H2,1H3,(H,15,17). The second-order valence-electron chi connectivity index (χ2n) is 4.59. The highest BCUT2D eigenvalue weighted by atomic mass is 35.5. The second-order valence-corrected chi connectivity index (χ2v) is 5.00. The smallest absolute Gasteiger partial charge is 0.251 e. The minimum Gasteiger partial charge on any atom is -0.506 e. The first-order valence-electron chi connectivity index (χ1n) is 5.88. The van der Waals surface area contributed by atoms with Crippen LogP contribution in [-0.2, 0) is 4.74 Å². The lowest BCUT2D eigenvalue weighted by molar-refractivity contribution is -0.0679. The summed E-state index contributed by atoms with van der Waals surface area (Å²) in [6, 6.07) is 4.40. The number of ether oxygens (including phenoxy) is 1. The molecule has 1 saturated carbocycles. The van der Waals surface area contributed by atoms with E-state index in [2.05, 4.69) is 5.32 Å². The Labute approximate surface area is 111 Å². The van der Waals surface area contributed by atoms with Gasteiger partial charge >= 0.3 is 0 Å². The number of methoxy groups -OCH3 is 1. The second kappa shape index (κ2) is 5.16. The van der Waals surface area contributed by atoms with Gasteiger partial charge in [0.05, 0.1) is 10.6 Å². The van der Waals surface area contributed by atoms with Crippen LogP contribution in [0.1, 0.15) is 29.6 Å². The van der Waals surface area contributed by atoms with Crippen molar-refractivity contribution < 1.29 is 14.6 Å². The molecule has 0 spiro atoms. The molecule has 1 amide bonds. The van der Waals surface area contributed by atoms with Gasteiger partial charge in [-0.05, 0) is 37.5 Å². The van der Waals surface area contributed by atoms with Crippen molar-refractivity contribution >= 4 is 17.5 Å². The third-order valence-electron chi connectivity index (χ3n) is 3.48. The van der Waals surface area contributed by atoms with Crippen LogP contribution >= 0.6 is 11.6 Å². The molecule has 0 unspecified atom stereocenters. The maximum atomic E-state index is 11.9. The summed E-state index contributed by atoms with van der Waals surface area (Å²) in [6.07, 6.45) is 3.08. The quantitative estimate of drug-likeness (QED) is 0.882. The van der Waals surface area contributed by atoms with Crippen LogP contribution in [0.4, 0.5) is 0 Å². The highest BCUT2D eigenvalue weighted by Crippen LogP contribution is 2.34. The zero-order valence-corrected chi connectivity index (χ0v) is 11.0. The molecule has 5 heteroatoms. The van der Waals surface area contributed by atoms with Gasteiger partial charge in [-0.3, -0.25) is 4.79 Å². The molecule has 1 aliphatic carbocycles. The van der Waals surface area contributed by atoms with Crippen LogP contribution in [0, 0.1) is 0 Å². The van der Waals surface area contributed by atoms with Crippen molar-refractivity contribution in [3.05, 3.63) is 28.8 Å². The van der Waals surface area contributed by atoms with Crippen LogP contribution in [0.5, 0.6) is 5.75 Å². The SMILES string of the molecule is COC1(CNC(=O)c2ccc(O)c(Cl)c2)CCC1. The summed E-state index contributed by atoms with van der Waals surface area (Å²) in [6.45, 7) is 0.501. The van der Waals surface area contributed by atoms with Crippen LogP contribution in [0.2, 0.25) is 5.02 Å². The summed E-state index contributed by atoms with van der Waals surface area (Å²) in [7, 11) is 1.67. The van der Waals surface area contributed by atoms with E-state index in [1.165, 1.54) is 18.2 Å². The Hall–Kier alpha value is -1.26. The summed E-state index contributed by atoms with van der Waals surface area (Å²) in [5, 5.41) is 12.3. The average molecular weight is 270 g/mol. The van der Waals surface area contributed by atoms with Crippen molar-refractivity contribution in [3.63, 3.8) is 0 Å². The summed E-state index contributed by atoms with van der Waals surface area (Å²) >= 11 is 5.76. The Balaban J connectivity index is 1.97. The van der Waals surface area contributed by atoms with E-state index in [0.717, 1.165) is 19.3 Å². The van der Waals surface area contributed by atoms with Gasteiger partial charge in [0.1, 0.15) is 5.75 Å². The van der Waals surface area contributed by atoms with Gasteiger partial charge in [-0.1, -0.05) is 11.6 Å². The Bertz CT molecular complexity index is 452. The van der Waals surface area contributed by atoms with E-state index in [1.54, 1.807) is 7.11 Å². The zero-order chi connectivity index (χ0) is 13.2. The fourth-order valence-electron chi connectivity index (χ4n) is 2.02. The van der Waals surface area contributed by atoms with Crippen molar-refractivity contribution in [1.82, 2.24) is 5.32 Å². The summed E-state index contributed by atoms with van der Waals surface area (Å²) < 4.78 is 5.42. The molecule has 0 saturated heterocycles. The van der Waals surface area contributed by atoms with E-state index in [9.17, 15) is 9.90 Å². The first kappa shape index (κ1) is 13.2. The molecule has 0 bridgehead atoms. The molecule has 0 atom stereocenters. The van der Waals surface area contributed by atoms with E-state index >= 15 is 0 Å². The van der Waals surface area contributed by atoms with Crippen LogP contribution in [0.15, 0.2) is 18.2 Å². The van der Waals surface area contributed by atoms with Crippen molar-refractivity contribution in [1.29, 1.82) is 0 Å². The zero-order valence-electron chi connectivity index (χ0n) is 10.2. The number of nitrogens with one attached hydrogen (secondary N) is 1. The molecule has 0 radical (unpaired) electrons. The van der Waals surface area contributed by atoms with Gasteiger partial charge in [-0.15, -0.1) is 0 Å². The number of hydrogen-bond acceptors (Lipinski definition) is 3. The Kier molecular flexibility index (Phi) is 3.78. The predicted octanol–water partition coefficient (Wildman–Crippen LogP) is 2.34. The number of phenolic OH excluding ortho intramolecular Hbond substituents is 1. The highest BCUT2D eigenvalue weighted by molar-refractivity contribution is 6.32. The number of halogens is 1. The minimum atomic E-state index is -0.208. The molecular formula is C13H16ClNO3. The van der Waals surface area contributed by atoms with Gasteiger partial charge in [0.15, 0.2) is 0 Å². The predicted molar refractivity (Wildman–Crippen MR) is 69.0 cm³/mol. The lowest BCUT2D eigenvalue weighted by atomic mass is 9.80. The summed E-state index contributed by atoms with van der Waals surface area (Å²) in [5.41, 5.74) is 0.236. The first-order chi connectivity index (χ1) is 8.56. The largest absolute Gasteiger partial charge is 0.506 e. The van der Waals surface area contributed by atoms with E-state index in [-0.39, 0.29) is 22.3 Å². The molecule has 1 aromatic carbocycles. The van der Waals surface area contributed by atoms with Gasteiger partial charge in [-0.25, -0.2) is 0 Å². The normalized spacial score (nSPS) is 17.0. The highest BCUT2D eigenvalue weighted by Gasteiger charge is 2.37. The Morgan fingerprint density at radius 2 is 2.28 bits per heavy atom. The number of carbonyl (C=O) groups is 1. The van der Waals surface area contributed by atoms with Crippen molar-refractivity contribution in [3.8, 4) is 5.75 Å². The molecule has 2 N–H and O–H groups in total. The molecular weight excluding hydrogens is 254 g/mol. The fraction of sp³-hybridized carbons (Fsp3) is 0.462. The number of hydrogen-bond donors (Lipinski definition) is 2. The average Bonchev–Trinajstić information content (AvgIpc) is 2.31. The number of aromatic hydroxyl groups is 1. The molecule has 4 nitrogen and oxygen atoms in total. The van der Waals surface area contributed by atoms with E-state index < -0.39 is 0 Å². The Morgan fingerprint density at radius 3 is 2.78 bits per heavy atom. The van der Waals surface area contributed by atoms with Crippen molar-refractivity contribution in [2.24, 2.45) is 0 Å². The molecule has 0 heterocycles. The van der Waals surface area contributed by atoms with Crippen molar-refractivity contribution in [2.75, 3.05) is 13.7 Å². The topological polar surface area (TPSA) is 58.6 Å². The number of amides is 1. The van der Waals surface area contributed by atoms with Gasteiger partial charge < -0.3 is 15.2 Å². The minimum absolute atomic E-state index is 0.0272. The van der Waals surface area contributed by atoms with Gasteiger partial charge in [0, 0.05) is 19.2 Å². The van der Waals surface area contributed by atoms with Gasteiger partial charge in [0.2, 0.25) is 0 Å². The van der Waals surface area contributed by atoms with Crippen LogP contribution in [-0.4, -0.2) is 30.3 Å². The van der Waals surface area contributed by atoms with Gasteiger partial charge in [-0.2, -0.15) is 0 Å². The molecule has 98 valence electrons. The lowest BCUT2D eigenvalue weighted by Crippen LogP contribution is -2.49. The Morgan fingerprint density at radius 1 is 1.56 bits per heavy atom. The maximum Gasteiger partial charge on any atom is 0.251 e. The number of carbonyl (C=O) groups excluding carboxylic acids is 1. The van der Waals surface area contributed by atoms with Crippen LogP contribution in [0.3, 0.4) is 0 Å². The van der Waals surface area contributed by atoms with E-state index in [1.807, 2.05) is 0 Å². The molecule has 1 aliphatic rings. The molecule has 18 heavy (non-hydrogen) atoms. The third kappa shape index (κ3) is 2.60. The number of benzene rings is 1. The number of phenols is 1. The van der Waals surface area contributed by atoms with Crippen LogP contribution < -0.4 is 5.32 Å². The van der Waals surface area contributed by atoms with E-state index in [4.69, 9.17) is 16.3 Å². The summed E-state index contributed by atoms with van der Waals surface area (Å²) in [5.74, 6) is -0.235. The molecule has 0 aromatic heterocycles.